The molecule has 2 aromatic heterocycles. The number of rotatable bonds is 5. The summed E-state index contributed by atoms with van der Waals surface area (Å²) in [7, 11) is 0. The molecule has 2 aliphatic rings. The van der Waals surface area contributed by atoms with Crippen molar-refractivity contribution in [2.24, 2.45) is 11.8 Å². The van der Waals surface area contributed by atoms with E-state index in [9.17, 15) is 0 Å². The third kappa shape index (κ3) is 5.20. The first-order chi connectivity index (χ1) is 20.1. The van der Waals surface area contributed by atoms with E-state index in [2.05, 4.69) is 110 Å². The van der Waals surface area contributed by atoms with Gasteiger partial charge in [0.15, 0.2) is 5.11 Å². The Morgan fingerprint density at radius 2 is 1.67 bits per heavy atom. The van der Waals surface area contributed by atoms with Gasteiger partial charge in [-0.1, -0.05) is 43.6 Å². The van der Waals surface area contributed by atoms with Crippen molar-refractivity contribution in [1.29, 1.82) is 0 Å². The maximum Gasteiger partial charge on any atom is 0.174 e. The predicted molar refractivity (Wildman–Crippen MR) is 179 cm³/mol. The van der Waals surface area contributed by atoms with Crippen LogP contribution in [0.5, 0.6) is 0 Å². The van der Waals surface area contributed by atoms with Crippen LogP contribution in [-0.4, -0.2) is 27.8 Å². The summed E-state index contributed by atoms with van der Waals surface area (Å²) in [5, 5.41) is 5.06. The molecule has 0 spiro atoms. The molecule has 0 unspecified atom stereocenters. The highest BCUT2D eigenvalue weighted by molar-refractivity contribution is 7.80. The molecule has 0 aliphatic carbocycles. The lowest BCUT2D eigenvalue weighted by Gasteiger charge is -2.37. The van der Waals surface area contributed by atoms with Crippen molar-refractivity contribution in [3.8, 4) is 5.69 Å². The lowest BCUT2D eigenvalue weighted by Crippen LogP contribution is -2.38. The van der Waals surface area contributed by atoms with Crippen LogP contribution < -0.4 is 15.1 Å². The molecule has 7 heteroatoms. The number of aromatic nitrogens is 2. The molecule has 4 aromatic rings. The lowest BCUT2D eigenvalue weighted by molar-refractivity contribution is 0.357. The Bertz CT molecular complexity index is 1620. The molecule has 4 atom stereocenters. The Hall–Kier alpha value is -3.35. The number of benzene rings is 2. The molecule has 6 rings (SSSR count). The van der Waals surface area contributed by atoms with Crippen LogP contribution in [0.2, 0.25) is 5.02 Å². The van der Waals surface area contributed by atoms with Gasteiger partial charge in [-0.25, -0.2) is 0 Å². The number of thiocarbonyl (C=S) groups is 1. The van der Waals surface area contributed by atoms with Gasteiger partial charge in [-0.05, 0) is 117 Å². The smallest absolute Gasteiger partial charge is 0.174 e. The normalized spacial score (nSPS) is 22.5. The number of hydrogen-bond donors (Lipinski definition) is 1. The van der Waals surface area contributed by atoms with E-state index in [1.54, 1.807) is 0 Å². The average molecular weight is 598 g/mol. The Balaban J connectivity index is 1.45. The lowest BCUT2D eigenvalue weighted by atomic mass is 9.91. The maximum atomic E-state index is 7.06. The minimum Gasteiger partial charge on any atom is -0.370 e. The SMILES string of the molecule is Cc1ccc(C)c(-n2c(C)cc([C@H]3[C@H](c4ccccn4)NC(=S)N3c3ccc(N4C[C@H](C)C[C@H](C)C4)c(Cl)c3)c2C)c1. The molecular weight excluding hydrogens is 558 g/mol. The third-order valence-corrected chi connectivity index (χ3v) is 9.53. The van der Waals surface area contributed by atoms with Crippen LogP contribution in [0.3, 0.4) is 0 Å². The van der Waals surface area contributed by atoms with E-state index < -0.39 is 0 Å². The van der Waals surface area contributed by atoms with Crippen LogP contribution in [0.1, 0.15) is 66.1 Å². The standard InChI is InChI=1S/C35H40ClN5S/c1-21-10-11-24(4)32(16-21)40-25(5)17-28(26(40)6)34-33(30-9-7-8-14-37-30)38-35(42)41(34)27-12-13-31(29(36)18-27)39-19-22(2)15-23(3)20-39/h7-14,16-18,22-23,33-34H,15,19-20H2,1-6H3,(H,38,42)/t22-,23+,33-,34-/m0/s1. The van der Waals surface area contributed by atoms with E-state index in [4.69, 9.17) is 28.8 Å². The zero-order chi connectivity index (χ0) is 29.7. The van der Waals surface area contributed by atoms with Crippen molar-refractivity contribution < 1.29 is 0 Å². The molecule has 2 aliphatic heterocycles. The zero-order valence-corrected chi connectivity index (χ0v) is 26.9. The minimum absolute atomic E-state index is 0.102. The van der Waals surface area contributed by atoms with Crippen molar-refractivity contribution >= 4 is 40.3 Å². The Kier molecular flexibility index (Phi) is 7.79. The second kappa shape index (κ2) is 11.4. The molecule has 2 fully saturated rings. The quantitative estimate of drug-likeness (QED) is 0.234. The van der Waals surface area contributed by atoms with Crippen LogP contribution in [0.4, 0.5) is 11.4 Å². The fourth-order valence-electron chi connectivity index (χ4n) is 7.13. The zero-order valence-electron chi connectivity index (χ0n) is 25.4. The Labute approximate surface area is 260 Å². The van der Waals surface area contributed by atoms with Crippen LogP contribution >= 0.6 is 23.8 Å². The van der Waals surface area contributed by atoms with Gasteiger partial charge in [0.1, 0.15) is 0 Å². The van der Waals surface area contributed by atoms with E-state index in [-0.39, 0.29) is 12.1 Å². The first kappa shape index (κ1) is 28.8. The largest absolute Gasteiger partial charge is 0.370 e. The molecule has 2 aromatic carbocycles. The van der Waals surface area contributed by atoms with Crippen LogP contribution in [0.15, 0.2) is 66.9 Å². The molecule has 0 amide bonds. The van der Waals surface area contributed by atoms with E-state index in [0.29, 0.717) is 16.9 Å². The molecule has 5 nitrogen and oxygen atoms in total. The fourth-order valence-corrected chi connectivity index (χ4v) is 7.77. The van der Waals surface area contributed by atoms with E-state index in [1.807, 2.05) is 18.3 Å². The summed E-state index contributed by atoms with van der Waals surface area (Å²) in [4.78, 5) is 9.44. The monoisotopic (exact) mass is 597 g/mol. The van der Waals surface area contributed by atoms with Crippen LogP contribution in [-0.2, 0) is 0 Å². The molecule has 0 bridgehead atoms. The number of piperidine rings is 1. The molecule has 4 heterocycles. The minimum atomic E-state index is -0.117. The van der Waals surface area contributed by atoms with Crippen molar-refractivity contribution in [3.63, 3.8) is 0 Å². The van der Waals surface area contributed by atoms with Crippen molar-refractivity contribution in [1.82, 2.24) is 14.9 Å². The molecule has 0 radical (unpaired) electrons. The molecule has 42 heavy (non-hydrogen) atoms. The van der Waals surface area contributed by atoms with Gasteiger partial charge in [-0.2, -0.15) is 0 Å². The Morgan fingerprint density at radius 1 is 0.905 bits per heavy atom. The number of nitrogens with one attached hydrogen (secondary N) is 1. The van der Waals surface area contributed by atoms with Crippen LogP contribution in [0.25, 0.3) is 5.69 Å². The van der Waals surface area contributed by atoms with E-state index >= 15 is 0 Å². The highest BCUT2D eigenvalue weighted by Crippen LogP contribution is 2.45. The first-order valence-electron chi connectivity index (χ1n) is 14.9. The number of aryl methyl sites for hydroxylation is 3. The molecular formula is C35H40ClN5S. The summed E-state index contributed by atoms with van der Waals surface area (Å²) in [5.41, 5.74) is 10.4. The van der Waals surface area contributed by atoms with Gasteiger partial charge in [0, 0.05) is 42.0 Å². The summed E-state index contributed by atoms with van der Waals surface area (Å²) in [5.74, 6) is 1.30. The number of anilines is 2. The van der Waals surface area contributed by atoms with Crippen molar-refractivity contribution in [2.75, 3.05) is 22.9 Å². The number of nitrogens with zero attached hydrogens (tertiary/aromatic N) is 4. The van der Waals surface area contributed by atoms with Gasteiger partial charge in [-0.15, -0.1) is 0 Å². The van der Waals surface area contributed by atoms with Gasteiger partial charge in [0.05, 0.1) is 28.5 Å². The molecule has 1 N–H and O–H groups in total. The molecule has 218 valence electrons. The van der Waals surface area contributed by atoms with E-state index in [1.165, 1.54) is 40.2 Å². The highest BCUT2D eigenvalue weighted by atomic mass is 35.5. The van der Waals surface area contributed by atoms with Gasteiger partial charge >= 0.3 is 0 Å². The van der Waals surface area contributed by atoms with Gasteiger partial charge in [0.2, 0.25) is 0 Å². The molecule has 0 saturated carbocycles. The number of hydrogen-bond acceptors (Lipinski definition) is 3. The van der Waals surface area contributed by atoms with Crippen molar-refractivity contribution in [2.45, 2.75) is 60.0 Å². The second-order valence-corrected chi connectivity index (χ2v) is 13.2. The Morgan fingerprint density at radius 3 is 2.36 bits per heavy atom. The van der Waals surface area contributed by atoms with Gasteiger partial charge < -0.3 is 19.7 Å². The second-order valence-electron chi connectivity index (χ2n) is 12.4. The highest BCUT2D eigenvalue weighted by Gasteiger charge is 2.42. The summed E-state index contributed by atoms with van der Waals surface area (Å²) in [6.45, 7) is 15.4. The summed E-state index contributed by atoms with van der Waals surface area (Å²) >= 11 is 13.1. The fraction of sp³-hybridized carbons (Fsp3) is 0.371. The summed E-state index contributed by atoms with van der Waals surface area (Å²) < 4.78 is 2.38. The van der Waals surface area contributed by atoms with Crippen LogP contribution in [0, 0.1) is 39.5 Å². The number of halogens is 1. The summed E-state index contributed by atoms with van der Waals surface area (Å²) in [6.07, 6.45) is 3.11. The number of pyridine rings is 1. The average Bonchev–Trinajstić information content (AvgIpc) is 3.44. The molecule has 2 saturated heterocycles. The van der Waals surface area contributed by atoms with Crippen molar-refractivity contribution in [3.05, 3.63) is 106 Å². The third-order valence-electron chi connectivity index (χ3n) is 8.91. The summed E-state index contributed by atoms with van der Waals surface area (Å²) in [6, 6.07) is 21.3. The first-order valence-corrected chi connectivity index (χ1v) is 15.7. The predicted octanol–water partition coefficient (Wildman–Crippen LogP) is 8.42. The van der Waals surface area contributed by atoms with E-state index in [0.717, 1.165) is 35.2 Å². The maximum absolute atomic E-state index is 7.06. The van der Waals surface area contributed by atoms with Gasteiger partial charge in [-0.3, -0.25) is 4.98 Å². The topological polar surface area (TPSA) is 36.3 Å². The van der Waals surface area contributed by atoms with Gasteiger partial charge in [0.25, 0.3) is 0 Å².